The molecule has 0 aliphatic carbocycles. The Balaban J connectivity index is 3.79. The number of ether oxygens (including phenoxy) is 1. The SMILES string of the molecule is CCO[P+](=O)CCC(C#N)OC(C)=O. The highest BCUT2D eigenvalue weighted by atomic mass is 31.1. The van der Waals surface area contributed by atoms with E-state index in [1.807, 2.05) is 0 Å². The highest BCUT2D eigenvalue weighted by Crippen LogP contribution is 2.23. The zero-order valence-electron chi connectivity index (χ0n) is 8.23. The van der Waals surface area contributed by atoms with Gasteiger partial charge in [-0.1, -0.05) is 0 Å². The third-order valence-corrected chi connectivity index (χ3v) is 2.47. The normalized spacial score (nSPS) is 12.8. The minimum Gasteiger partial charge on any atom is -0.447 e. The van der Waals surface area contributed by atoms with E-state index in [1.165, 1.54) is 6.92 Å². The second-order valence-corrected chi connectivity index (χ2v) is 3.86. The number of nitriles is 1. The third kappa shape index (κ3) is 6.53. The van der Waals surface area contributed by atoms with Crippen molar-refractivity contribution in [2.75, 3.05) is 12.8 Å². The van der Waals surface area contributed by atoms with Gasteiger partial charge in [-0.15, -0.1) is 4.52 Å². The first kappa shape index (κ1) is 13.0. The molecule has 0 aromatic rings. The predicted molar refractivity (Wildman–Crippen MR) is 49.9 cm³/mol. The topological polar surface area (TPSA) is 76.4 Å². The molecule has 0 aliphatic rings. The van der Waals surface area contributed by atoms with E-state index in [-0.39, 0.29) is 12.6 Å². The molecule has 0 bridgehead atoms. The molecule has 0 aromatic carbocycles. The van der Waals surface area contributed by atoms with Gasteiger partial charge in [0.25, 0.3) is 0 Å². The molecule has 0 saturated heterocycles. The molecule has 0 aliphatic heterocycles. The number of carbonyl (C=O) groups is 1. The van der Waals surface area contributed by atoms with Gasteiger partial charge in [0.05, 0.1) is 6.61 Å². The molecule has 78 valence electrons. The van der Waals surface area contributed by atoms with Crippen LogP contribution in [-0.2, 0) is 18.6 Å². The molecule has 0 heterocycles. The minimum absolute atomic E-state index is 0.231. The van der Waals surface area contributed by atoms with E-state index in [2.05, 4.69) is 4.74 Å². The summed E-state index contributed by atoms with van der Waals surface area (Å²) in [6.45, 7) is 3.34. The first-order valence-electron chi connectivity index (χ1n) is 4.24. The van der Waals surface area contributed by atoms with E-state index in [1.54, 1.807) is 13.0 Å². The molecular weight excluding hydrogens is 205 g/mol. The van der Waals surface area contributed by atoms with Gasteiger partial charge >= 0.3 is 14.0 Å². The standard InChI is InChI=1S/C8H13NO4P/c1-3-12-14(11)5-4-8(6-9)13-7(2)10/h8H,3-5H2,1-2H3/q+1. The molecule has 0 amide bonds. The van der Waals surface area contributed by atoms with E-state index in [9.17, 15) is 9.36 Å². The van der Waals surface area contributed by atoms with Gasteiger partial charge in [-0.3, -0.25) is 4.79 Å². The van der Waals surface area contributed by atoms with Crippen molar-refractivity contribution < 1.29 is 18.6 Å². The zero-order chi connectivity index (χ0) is 11.0. The maximum Gasteiger partial charge on any atom is 0.508 e. The van der Waals surface area contributed by atoms with Crippen molar-refractivity contribution in [2.45, 2.75) is 26.4 Å². The van der Waals surface area contributed by atoms with Crippen LogP contribution in [0.15, 0.2) is 0 Å². The van der Waals surface area contributed by atoms with Gasteiger partial charge in [0.2, 0.25) is 0 Å². The number of rotatable bonds is 6. The van der Waals surface area contributed by atoms with Crippen LogP contribution in [0.1, 0.15) is 20.3 Å². The lowest BCUT2D eigenvalue weighted by atomic mass is 10.3. The van der Waals surface area contributed by atoms with Gasteiger partial charge in [0.15, 0.2) is 12.3 Å². The number of hydrogen-bond donors (Lipinski definition) is 0. The Morgan fingerprint density at radius 1 is 1.64 bits per heavy atom. The second kappa shape index (κ2) is 7.43. The summed E-state index contributed by atoms with van der Waals surface area (Å²) in [5.41, 5.74) is 0. The summed E-state index contributed by atoms with van der Waals surface area (Å²) in [5, 5.41) is 8.55. The Kier molecular flexibility index (Phi) is 6.91. The first-order chi connectivity index (χ1) is 6.60. The Morgan fingerprint density at radius 3 is 2.71 bits per heavy atom. The van der Waals surface area contributed by atoms with Crippen molar-refractivity contribution in [3.05, 3.63) is 0 Å². The number of esters is 1. The summed E-state index contributed by atoms with van der Waals surface area (Å²) in [7, 11) is -1.74. The number of nitrogens with zero attached hydrogens (tertiary/aromatic N) is 1. The van der Waals surface area contributed by atoms with Crippen LogP contribution < -0.4 is 0 Å². The summed E-state index contributed by atoms with van der Waals surface area (Å²) >= 11 is 0. The third-order valence-electron chi connectivity index (χ3n) is 1.30. The summed E-state index contributed by atoms with van der Waals surface area (Å²) in [5.74, 6) is -0.511. The van der Waals surface area contributed by atoms with Crippen LogP contribution in [0.25, 0.3) is 0 Å². The summed E-state index contributed by atoms with van der Waals surface area (Å²) in [6.07, 6.45) is -0.355. The Labute approximate surface area is 83.9 Å². The molecule has 5 nitrogen and oxygen atoms in total. The van der Waals surface area contributed by atoms with E-state index in [4.69, 9.17) is 9.79 Å². The second-order valence-electron chi connectivity index (χ2n) is 2.49. The molecule has 0 saturated carbocycles. The fraction of sp³-hybridized carbons (Fsp3) is 0.750. The highest BCUT2D eigenvalue weighted by Gasteiger charge is 2.21. The maximum absolute atomic E-state index is 11.0. The molecule has 0 fully saturated rings. The molecule has 14 heavy (non-hydrogen) atoms. The monoisotopic (exact) mass is 218 g/mol. The number of carbonyl (C=O) groups excluding carboxylic acids is 1. The largest absolute Gasteiger partial charge is 0.508 e. The maximum atomic E-state index is 11.0. The van der Waals surface area contributed by atoms with Crippen LogP contribution in [0.2, 0.25) is 0 Å². The van der Waals surface area contributed by atoms with Crippen molar-refractivity contribution in [1.29, 1.82) is 5.26 Å². The van der Waals surface area contributed by atoms with Crippen molar-refractivity contribution in [1.82, 2.24) is 0 Å². The first-order valence-corrected chi connectivity index (χ1v) is 5.60. The van der Waals surface area contributed by atoms with Crippen LogP contribution in [-0.4, -0.2) is 24.8 Å². The van der Waals surface area contributed by atoms with Crippen molar-refractivity contribution in [2.24, 2.45) is 0 Å². The smallest absolute Gasteiger partial charge is 0.447 e. The minimum atomic E-state index is -1.74. The van der Waals surface area contributed by atoms with Crippen LogP contribution in [0.3, 0.4) is 0 Å². The quantitative estimate of drug-likeness (QED) is 0.500. The number of hydrogen-bond acceptors (Lipinski definition) is 5. The molecule has 0 rings (SSSR count). The summed E-state index contributed by atoms with van der Waals surface area (Å²) in [4.78, 5) is 10.5. The van der Waals surface area contributed by atoms with Gasteiger partial charge in [-0.05, 0) is 11.5 Å². The molecule has 0 aromatic heterocycles. The highest BCUT2D eigenvalue weighted by molar-refractivity contribution is 7.39. The van der Waals surface area contributed by atoms with Crippen LogP contribution in [0.4, 0.5) is 0 Å². The van der Waals surface area contributed by atoms with E-state index in [0.29, 0.717) is 6.61 Å². The van der Waals surface area contributed by atoms with E-state index >= 15 is 0 Å². The fourth-order valence-electron chi connectivity index (χ4n) is 0.781. The lowest BCUT2D eigenvalue weighted by Crippen LogP contribution is -2.14. The van der Waals surface area contributed by atoms with Gasteiger partial charge in [0.1, 0.15) is 6.07 Å². The predicted octanol–water partition coefficient (Wildman–Crippen LogP) is 1.61. The van der Waals surface area contributed by atoms with Gasteiger partial charge in [0, 0.05) is 13.3 Å². The average molecular weight is 218 g/mol. The molecular formula is C8H13NO4P+. The van der Waals surface area contributed by atoms with Crippen LogP contribution in [0, 0.1) is 11.3 Å². The fourth-order valence-corrected chi connectivity index (χ4v) is 1.64. The Bertz CT molecular complexity index is 248. The molecule has 2 atom stereocenters. The van der Waals surface area contributed by atoms with E-state index in [0.717, 1.165) is 0 Å². The average Bonchev–Trinajstić information content (AvgIpc) is 2.12. The van der Waals surface area contributed by atoms with Crippen molar-refractivity contribution in [3.63, 3.8) is 0 Å². The lowest BCUT2D eigenvalue weighted by Gasteiger charge is -2.04. The zero-order valence-corrected chi connectivity index (χ0v) is 9.12. The molecule has 6 heteroatoms. The van der Waals surface area contributed by atoms with Gasteiger partial charge in [-0.25, -0.2) is 0 Å². The van der Waals surface area contributed by atoms with Crippen LogP contribution in [0.5, 0.6) is 0 Å². The summed E-state index contributed by atoms with van der Waals surface area (Å²) < 4.78 is 20.5. The van der Waals surface area contributed by atoms with Crippen molar-refractivity contribution in [3.8, 4) is 6.07 Å². The molecule has 0 radical (unpaired) electrons. The van der Waals surface area contributed by atoms with E-state index < -0.39 is 20.1 Å². The Hall–Kier alpha value is -0.980. The van der Waals surface area contributed by atoms with Crippen LogP contribution >= 0.6 is 8.03 Å². The van der Waals surface area contributed by atoms with Crippen molar-refractivity contribution >= 4 is 14.0 Å². The van der Waals surface area contributed by atoms with Gasteiger partial charge < -0.3 is 4.74 Å². The summed E-state index contributed by atoms with van der Waals surface area (Å²) in [6, 6.07) is 1.80. The van der Waals surface area contributed by atoms with Gasteiger partial charge in [-0.2, -0.15) is 5.26 Å². The molecule has 0 spiro atoms. The molecule has 2 unspecified atom stereocenters. The lowest BCUT2D eigenvalue weighted by molar-refractivity contribution is -0.143. The molecule has 0 N–H and O–H groups in total. The Morgan fingerprint density at radius 2 is 2.29 bits per heavy atom.